The van der Waals surface area contributed by atoms with Crippen LogP contribution in [0.5, 0.6) is 0 Å². The van der Waals surface area contributed by atoms with Gasteiger partial charge in [-0.3, -0.25) is 4.79 Å². The van der Waals surface area contributed by atoms with Crippen molar-refractivity contribution in [3.05, 3.63) is 24.3 Å². The molecule has 7 heteroatoms. The molecule has 0 unspecified atom stereocenters. The van der Waals surface area contributed by atoms with E-state index in [0.717, 1.165) is 30.8 Å². The maximum atomic E-state index is 11.9. The monoisotopic (exact) mass is 358 g/mol. The van der Waals surface area contributed by atoms with Gasteiger partial charge in [-0.15, -0.1) is 0 Å². The van der Waals surface area contributed by atoms with Gasteiger partial charge in [0.05, 0.1) is 23.9 Å². The summed E-state index contributed by atoms with van der Waals surface area (Å²) in [5.74, 6) is 0.108. The Balaban J connectivity index is 1.45. The van der Waals surface area contributed by atoms with E-state index in [2.05, 4.69) is 56.9 Å². The van der Waals surface area contributed by atoms with Crippen LogP contribution in [0.25, 0.3) is 0 Å². The summed E-state index contributed by atoms with van der Waals surface area (Å²) in [7, 11) is -0.338. The van der Waals surface area contributed by atoms with Gasteiger partial charge in [-0.25, -0.2) is 0 Å². The Morgan fingerprint density at radius 2 is 1.69 bits per heavy atom. The van der Waals surface area contributed by atoms with Gasteiger partial charge in [-0.2, -0.15) is 0 Å². The number of morpholine rings is 1. The van der Waals surface area contributed by atoms with Crippen molar-refractivity contribution < 1.29 is 18.8 Å². The van der Waals surface area contributed by atoms with Crippen LogP contribution in [0, 0.1) is 0 Å². The Morgan fingerprint density at radius 3 is 2.35 bits per heavy atom. The van der Waals surface area contributed by atoms with Crippen LogP contribution in [-0.4, -0.2) is 68.0 Å². The smallest absolute Gasteiger partial charge is 0.399 e. The average molecular weight is 358 g/mol. The molecule has 1 aromatic carbocycles. The number of rotatable bonds is 2. The zero-order valence-electron chi connectivity index (χ0n) is 16.0. The van der Waals surface area contributed by atoms with Crippen molar-refractivity contribution >= 4 is 24.2 Å². The van der Waals surface area contributed by atoms with E-state index in [4.69, 9.17) is 14.0 Å². The van der Waals surface area contributed by atoms with Crippen molar-refractivity contribution in [2.45, 2.75) is 44.9 Å². The number of benzene rings is 1. The van der Waals surface area contributed by atoms with Gasteiger partial charge in [0.2, 0.25) is 5.91 Å². The lowest BCUT2D eigenvalue weighted by Gasteiger charge is -2.44. The molecule has 26 heavy (non-hydrogen) atoms. The maximum Gasteiger partial charge on any atom is 0.494 e. The molecular weight excluding hydrogens is 331 g/mol. The summed E-state index contributed by atoms with van der Waals surface area (Å²) in [6.07, 6.45) is 0. The van der Waals surface area contributed by atoms with E-state index in [9.17, 15) is 4.79 Å². The van der Waals surface area contributed by atoms with Crippen molar-refractivity contribution in [2.24, 2.45) is 0 Å². The summed E-state index contributed by atoms with van der Waals surface area (Å²) in [5, 5.41) is 0. The zero-order chi connectivity index (χ0) is 18.5. The standard InChI is InChI=1S/C19H27BN2O4/c1-18(2)19(3,4)26-20(25-18)14-5-7-15(8-6-14)21-9-10-22-16(11-21)12-24-13-17(22)23/h5-8,16H,9-13H2,1-4H3/t16-/m0/s1. The second-order valence-electron chi connectivity index (χ2n) is 8.38. The predicted molar refractivity (Wildman–Crippen MR) is 101 cm³/mol. The lowest BCUT2D eigenvalue weighted by molar-refractivity contribution is -0.148. The van der Waals surface area contributed by atoms with Crippen molar-refractivity contribution in [1.29, 1.82) is 0 Å². The third kappa shape index (κ3) is 3.02. The van der Waals surface area contributed by atoms with Gasteiger partial charge in [0.1, 0.15) is 6.61 Å². The summed E-state index contributed by atoms with van der Waals surface area (Å²) in [5.41, 5.74) is 1.52. The lowest BCUT2D eigenvalue weighted by Crippen LogP contribution is -2.60. The minimum atomic E-state index is -0.338. The Morgan fingerprint density at radius 1 is 1.04 bits per heavy atom. The number of amides is 1. The number of carbonyl (C=O) groups is 1. The number of hydrogen-bond donors (Lipinski definition) is 0. The molecule has 0 N–H and O–H groups in total. The maximum absolute atomic E-state index is 11.9. The SMILES string of the molecule is CC1(C)OB(c2ccc(N3CCN4C(=O)COC[C@@H]4C3)cc2)OC1(C)C. The zero-order valence-corrected chi connectivity index (χ0v) is 16.0. The Labute approximate surface area is 155 Å². The third-order valence-electron chi connectivity index (χ3n) is 6.12. The number of nitrogens with zero attached hydrogens (tertiary/aromatic N) is 2. The van der Waals surface area contributed by atoms with Gasteiger partial charge < -0.3 is 23.8 Å². The van der Waals surface area contributed by atoms with Crippen LogP contribution < -0.4 is 10.4 Å². The molecule has 140 valence electrons. The van der Waals surface area contributed by atoms with Crippen molar-refractivity contribution in [3.8, 4) is 0 Å². The fourth-order valence-corrected chi connectivity index (χ4v) is 3.75. The third-order valence-corrected chi connectivity index (χ3v) is 6.12. The molecule has 3 saturated heterocycles. The van der Waals surface area contributed by atoms with E-state index >= 15 is 0 Å². The molecule has 3 fully saturated rings. The molecule has 0 bridgehead atoms. The molecule has 1 atom stereocenters. The van der Waals surface area contributed by atoms with Gasteiger partial charge >= 0.3 is 7.12 Å². The molecule has 1 amide bonds. The first-order chi connectivity index (χ1) is 12.3. The molecular formula is C19H27BN2O4. The van der Waals surface area contributed by atoms with Crippen LogP contribution in [0.1, 0.15) is 27.7 Å². The Hall–Kier alpha value is -1.57. The highest BCUT2D eigenvalue weighted by atomic mass is 16.7. The topological polar surface area (TPSA) is 51.2 Å². The first-order valence-corrected chi connectivity index (χ1v) is 9.35. The first-order valence-electron chi connectivity index (χ1n) is 9.35. The minimum absolute atomic E-state index is 0.108. The fraction of sp³-hybridized carbons (Fsp3) is 0.632. The summed E-state index contributed by atoms with van der Waals surface area (Å²) in [6, 6.07) is 8.52. The number of piperazine rings is 1. The second-order valence-corrected chi connectivity index (χ2v) is 8.38. The van der Waals surface area contributed by atoms with E-state index in [1.807, 2.05) is 4.90 Å². The van der Waals surface area contributed by atoms with E-state index in [1.54, 1.807) is 0 Å². The molecule has 1 aromatic rings. The molecule has 0 aliphatic carbocycles. The summed E-state index contributed by atoms with van der Waals surface area (Å²) >= 11 is 0. The molecule has 0 radical (unpaired) electrons. The Kier molecular flexibility index (Phi) is 4.29. The van der Waals surface area contributed by atoms with Crippen LogP contribution in [-0.2, 0) is 18.8 Å². The normalized spacial score (nSPS) is 27.6. The number of ether oxygens (including phenoxy) is 1. The van der Waals surface area contributed by atoms with E-state index < -0.39 is 0 Å². The van der Waals surface area contributed by atoms with E-state index in [1.165, 1.54) is 0 Å². The summed E-state index contributed by atoms with van der Waals surface area (Å²) in [6.45, 7) is 11.5. The Bertz CT molecular complexity index is 675. The average Bonchev–Trinajstić information content (AvgIpc) is 2.83. The fourth-order valence-electron chi connectivity index (χ4n) is 3.75. The molecule has 0 spiro atoms. The van der Waals surface area contributed by atoms with Gasteiger partial charge in [-0.1, -0.05) is 12.1 Å². The molecule has 3 heterocycles. The molecule has 4 rings (SSSR count). The number of hydrogen-bond acceptors (Lipinski definition) is 5. The van der Waals surface area contributed by atoms with Crippen molar-refractivity contribution in [1.82, 2.24) is 4.90 Å². The van der Waals surface area contributed by atoms with Gasteiger partial charge in [0.25, 0.3) is 0 Å². The van der Waals surface area contributed by atoms with Crippen LogP contribution >= 0.6 is 0 Å². The molecule has 3 aliphatic rings. The predicted octanol–water partition coefficient (Wildman–Crippen LogP) is 1.03. The highest BCUT2D eigenvalue weighted by Crippen LogP contribution is 2.36. The molecule has 0 saturated carbocycles. The number of anilines is 1. The van der Waals surface area contributed by atoms with Gasteiger partial charge in [-0.05, 0) is 45.3 Å². The van der Waals surface area contributed by atoms with Crippen LogP contribution in [0.3, 0.4) is 0 Å². The molecule has 3 aliphatic heterocycles. The molecule has 0 aromatic heterocycles. The van der Waals surface area contributed by atoms with Crippen molar-refractivity contribution in [2.75, 3.05) is 37.7 Å². The van der Waals surface area contributed by atoms with Gasteiger partial charge in [0, 0.05) is 25.3 Å². The largest absolute Gasteiger partial charge is 0.494 e. The highest BCUT2D eigenvalue weighted by molar-refractivity contribution is 6.62. The summed E-state index contributed by atoms with van der Waals surface area (Å²) < 4.78 is 17.7. The van der Waals surface area contributed by atoms with Gasteiger partial charge in [0.15, 0.2) is 0 Å². The van der Waals surface area contributed by atoms with Crippen LogP contribution in [0.15, 0.2) is 24.3 Å². The first kappa shape index (κ1) is 17.8. The van der Waals surface area contributed by atoms with Crippen LogP contribution in [0.4, 0.5) is 5.69 Å². The lowest BCUT2D eigenvalue weighted by atomic mass is 9.79. The highest BCUT2D eigenvalue weighted by Gasteiger charge is 2.51. The quantitative estimate of drug-likeness (QED) is 0.740. The van der Waals surface area contributed by atoms with Crippen molar-refractivity contribution in [3.63, 3.8) is 0 Å². The molecule has 6 nitrogen and oxygen atoms in total. The summed E-state index contributed by atoms with van der Waals surface area (Å²) in [4.78, 5) is 16.2. The van der Waals surface area contributed by atoms with Crippen LogP contribution in [0.2, 0.25) is 0 Å². The van der Waals surface area contributed by atoms with E-state index in [0.29, 0.717) is 6.61 Å². The second kappa shape index (κ2) is 6.25. The minimum Gasteiger partial charge on any atom is -0.399 e. The number of fused-ring (bicyclic) bond motifs is 1. The van der Waals surface area contributed by atoms with E-state index in [-0.39, 0.29) is 36.9 Å². The number of carbonyl (C=O) groups excluding carboxylic acids is 1.